The second kappa shape index (κ2) is 9.24. The number of hydrogen-bond acceptors (Lipinski definition) is 5. The van der Waals surface area contributed by atoms with Crippen LogP contribution in [0.1, 0.15) is 41.2 Å². The van der Waals surface area contributed by atoms with E-state index in [0.29, 0.717) is 23.2 Å². The molecule has 0 saturated heterocycles. The summed E-state index contributed by atoms with van der Waals surface area (Å²) in [5, 5.41) is 9.93. The van der Waals surface area contributed by atoms with Crippen molar-refractivity contribution in [3.8, 4) is 22.8 Å². The van der Waals surface area contributed by atoms with Crippen molar-refractivity contribution in [2.24, 2.45) is 5.92 Å². The van der Waals surface area contributed by atoms with Gasteiger partial charge in [0.05, 0.1) is 27.8 Å². The number of benzene rings is 1. The van der Waals surface area contributed by atoms with E-state index in [9.17, 15) is 13.2 Å². The van der Waals surface area contributed by atoms with Crippen LogP contribution in [0.3, 0.4) is 0 Å². The lowest BCUT2D eigenvalue weighted by atomic mass is 10.0. The molecule has 0 bridgehead atoms. The lowest BCUT2D eigenvalue weighted by molar-refractivity contribution is -0.274. The van der Waals surface area contributed by atoms with Crippen LogP contribution in [0.5, 0.6) is 5.75 Å². The summed E-state index contributed by atoms with van der Waals surface area (Å²) >= 11 is 6.31. The van der Waals surface area contributed by atoms with E-state index in [2.05, 4.69) is 19.8 Å². The predicted octanol–water partition coefficient (Wildman–Crippen LogP) is 6.00. The fraction of sp³-hybridized carbons (Fsp3) is 0.360. The number of rotatable bonds is 7. The number of hydrogen-bond donors (Lipinski definition) is 0. The maximum absolute atomic E-state index is 12.5. The van der Waals surface area contributed by atoms with Crippen LogP contribution in [0.25, 0.3) is 17.1 Å². The minimum atomic E-state index is -4.73. The second-order valence-electron chi connectivity index (χ2n) is 9.06. The van der Waals surface area contributed by atoms with E-state index in [1.54, 1.807) is 16.8 Å². The van der Waals surface area contributed by atoms with E-state index < -0.39 is 6.36 Å². The van der Waals surface area contributed by atoms with Gasteiger partial charge < -0.3 is 4.74 Å². The Bertz CT molecular complexity index is 1410. The van der Waals surface area contributed by atoms with Gasteiger partial charge >= 0.3 is 6.36 Å². The molecule has 1 aromatic carbocycles. The third-order valence-corrected chi connectivity index (χ3v) is 6.83. The van der Waals surface area contributed by atoms with Gasteiger partial charge in [0.2, 0.25) is 0 Å². The molecule has 0 N–H and O–H groups in total. The first kappa shape index (κ1) is 24.3. The highest BCUT2D eigenvalue weighted by Crippen LogP contribution is 2.34. The van der Waals surface area contributed by atoms with Crippen molar-refractivity contribution in [3.05, 3.63) is 70.0 Å². The van der Waals surface area contributed by atoms with Gasteiger partial charge in [0, 0.05) is 30.3 Å². The lowest BCUT2D eigenvalue weighted by Gasteiger charge is -2.09. The second-order valence-corrected chi connectivity index (χ2v) is 9.44. The highest BCUT2D eigenvalue weighted by atomic mass is 35.5. The summed E-state index contributed by atoms with van der Waals surface area (Å²) in [6.07, 6.45) is -0.387. The first-order chi connectivity index (χ1) is 17.1. The van der Waals surface area contributed by atoms with Crippen LogP contribution in [-0.2, 0) is 13.0 Å². The summed E-state index contributed by atoms with van der Waals surface area (Å²) in [5.41, 5.74) is 5.72. The zero-order valence-electron chi connectivity index (χ0n) is 20.0. The molecule has 0 unspecified atom stereocenters. The van der Waals surface area contributed by atoms with Gasteiger partial charge in [0.1, 0.15) is 12.1 Å². The van der Waals surface area contributed by atoms with Crippen molar-refractivity contribution in [1.29, 1.82) is 0 Å². The summed E-state index contributed by atoms with van der Waals surface area (Å²) in [6, 6.07) is 7.68. The van der Waals surface area contributed by atoms with Gasteiger partial charge in [0.15, 0.2) is 5.82 Å². The van der Waals surface area contributed by atoms with Crippen LogP contribution in [-0.4, -0.2) is 35.9 Å². The number of aromatic nitrogens is 6. The van der Waals surface area contributed by atoms with E-state index in [1.165, 1.54) is 18.5 Å². The normalized spacial score (nSPS) is 13.9. The smallest absolute Gasteiger partial charge is 0.406 e. The van der Waals surface area contributed by atoms with Gasteiger partial charge in [-0.15, -0.1) is 13.2 Å². The zero-order valence-corrected chi connectivity index (χ0v) is 20.7. The molecule has 1 aliphatic rings. The number of nitrogens with zero attached hydrogens (tertiary/aromatic N) is 6. The molecule has 1 aliphatic carbocycles. The average Bonchev–Trinajstić information content (AvgIpc) is 3.55. The fourth-order valence-electron chi connectivity index (χ4n) is 4.21. The van der Waals surface area contributed by atoms with Gasteiger partial charge in [-0.3, -0.25) is 4.68 Å². The van der Waals surface area contributed by atoms with Crippen molar-refractivity contribution >= 4 is 11.6 Å². The minimum absolute atomic E-state index is 0.265. The maximum atomic E-state index is 12.5. The van der Waals surface area contributed by atoms with E-state index in [-0.39, 0.29) is 5.75 Å². The van der Waals surface area contributed by atoms with Crippen LogP contribution < -0.4 is 4.74 Å². The molecule has 1 saturated carbocycles. The number of aryl methyl sites for hydroxylation is 1. The van der Waals surface area contributed by atoms with Crippen molar-refractivity contribution in [2.45, 2.75) is 52.9 Å². The number of alkyl halides is 3. The van der Waals surface area contributed by atoms with Crippen molar-refractivity contribution in [2.75, 3.05) is 0 Å². The van der Waals surface area contributed by atoms with Gasteiger partial charge in [0.25, 0.3) is 0 Å². The van der Waals surface area contributed by atoms with Crippen molar-refractivity contribution < 1.29 is 17.9 Å². The molecule has 1 fully saturated rings. The molecule has 3 heterocycles. The van der Waals surface area contributed by atoms with E-state index in [1.807, 2.05) is 31.5 Å². The highest BCUT2D eigenvalue weighted by Gasteiger charge is 2.31. The highest BCUT2D eigenvalue weighted by molar-refractivity contribution is 6.31. The minimum Gasteiger partial charge on any atom is -0.406 e. The molecule has 0 spiro atoms. The summed E-state index contributed by atoms with van der Waals surface area (Å²) in [5.74, 6) is 0.939. The third-order valence-electron chi connectivity index (χ3n) is 6.29. The fourth-order valence-corrected chi connectivity index (χ4v) is 4.33. The summed E-state index contributed by atoms with van der Waals surface area (Å²) in [7, 11) is 0. The Morgan fingerprint density at radius 1 is 1.06 bits per heavy atom. The van der Waals surface area contributed by atoms with Crippen LogP contribution in [0, 0.1) is 26.7 Å². The standard InChI is InChI=1S/C25H24ClF3N6O/c1-14-21(10-19-11-22(31-13-30-19)35-16(3)23(26)15(2)32-35)34(12-17-4-5-17)33-24(14)18-6-8-20(9-7-18)36-25(27,28)29/h6-9,11,13,17H,4-5,10,12H2,1-3H3. The van der Waals surface area contributed by atoms with Crippen molar-refractivity contribution in [3.63, 3.8) is 0 Å². The third kappa shape index (κ3) is 5.09. The Hall–Kier alpha value is -3.40. The Balaban J connectivity index is 1.47. The summed E-state index contributed by atoms with van der Waals surface area (Å²) in [4.78, 5) is 8.85. The van der Waals surface area contributed by atoms with Crippen LogP contribution >= 0.6 is 11.6 Å². The molecule has 0 aliphatic heterocycles. The molecule has 36 heavy (non-hydrogen) atoms. The average molecular weight is 517 g/mol. The lowest BCUT2D eigenvalue weighted by Crippen LogP contribution is -2.16. The molecule has 7 nitrogen and oxygen atoms in total. The number of ether oxygens (including phenoxy) is 1. The van der Waals surface area contributed by atoms with Crippen LogP contribution in [0.15, 0.2) is 36.7 Å². The molecular formula is C25H24ClF3N6O. The van der Waals surface area contributed by atoms with Crippen molar-refractivity contribution in [1.82, 2.24) is 29.5 Å². The Kier molecular flexibility index (Phi) is 6.23. The number of halogens is 4. The Labute approximate surface area is 210 Å². The molecule has 0 amide bonds. The SMILES string of the molecule is Cc1nn(-c2cc(Cc3c(C)c(-c4ccc(OC(F)(F)F)cc4)nn3CC3CC3)ncn2)c(C)c1Cl. The van der Waals surface area contributed by atoms with Crippen LogP contribution in [0.2, 0.25) is 5.02 Å². The van der Waals surface area contributed by atoms with E-state index >= 15 is 0 Å². The molecule has 3 aromatic heterocycles. The molecule has 5 rings (SSSR count). The molecular weight excluding hydrogens is 493 g/mol. The Morgan fingerprint density at radius 2 is 1.78 bits per heavy atom. The largest absolute Gasteiger partial charge is 0.573 e. The molecule has 11 heteroatoms. The topological polar surface area (TPSA) is 70.7 Å². The molecule has 4 aromatic rings. The molecule has 188 valence electrons. The van der Waals surface area contributed by atoms with Gasteiger partial charge in [-0.1, -0.05) is 11.6 Å². The quantitative estimate of drug-likeness (QED) is 0.301. The zero-order chi connectivity index (χ0) is 25.6. The summed E-state index contributed by atoms with van der Waals surface area (Å²) in [6.45, 7) is 6.49. The molecule has 0 radical (unpaired) electrons. The van der Waals surface area contributed by atoms with Gasteiger partial charge in [-0.2, -0.15) is 10.2 Å². The van der Waals surface area contributed by atoms with Gasteiger partial charge in [-0.25, -0.2) is 14.6 Å². The van der Waals surface area contributed by atoms with Gasteiger partial charge in [-0.05, 0) is 69.4 Å². The molecule has 0 atom stereocenters. The van der Waals surface area contributed by atoms with E-state index in [4.69, 9.17) is 16.7 Å². The van der Waals surface area contributed by atoms with E-state index in [0.717, 1.165) is 59.0 Å². The predicted molar refractivity (Wildman–Crippen MR) is 128 cm³/mol. The summed E-state index contributed by atoms with van der Waals surface area (Å²) < 4.78 is 45.3. The Morgan fingerprint density at radius 3 is 2.39 bits per heavy atom. The maximum Gasteiger partial charge on any atom is 0.573 e. The first-order valence-electron chi connectivity index (χ1n) is 11.5. The van der Waals surface area contributed by atoms with Crippen LogP contribution in [0.4, 0.5) is 13.2 Å². The monoisotopic (exact) mass is 516 g/mol. The first-order valence-corrected chi connectivity index (χ1v) is 11.9.